The maximum absolute atomic E-state index is 12.0. The molecule has 1 aromatic heterocycles. The van der Waals surface area contributed by atoms with E-state index in [2.05, 4.69) is 10.3 Å². The molecule has 1 amide bonds. The number of benzene rings is 2. The Morgan fingerprint density at radius 1 is 1.37 bits per heavy atom. The van der Waals surface area contributed by atoms with Crippen molar-refractivity contribution in [2.75, 3.05) is 20.2 Å². The van der Waals surface area contributed by atoms with E-state index in [9.17, 15) is 9.90 Å². The van der Waals surface area contributed by atoms with E-state index in [1.165, 1.54) is 0 Å². The number of hydrogen-bond acceptors (Lipinski definition) is 6. The first-order valence-electron chi connectivity index (χ1n) is 8.87. The van der Waals surface area contributed by atoms with E-state index >= 15 is 0 Å². The summed E-state index contributed by atoms with van der Waals surface area (Å²) in [6, 6.07) is 11.4. The van der Waals surface area contributed by atoms with Gasteiger partial charge in [0, 0.05) is 31.3 Å². The van der Waals surface area contributed by atoms with Gasteiger partial charge in [-0.3, -0.25) is 9.69 Å². The molecular weight excluding hydrogens is 362 g/mol. The average Bonchev–Trinajstić information content (AvgIpc) is 2.99. The molecule has 6 nitrogen and oxygen atoms in total. The Labute approximate surface area is 161 Å². The Bertz CT molecular complexity index is 968. The third kappa shape index (κ3) is 3.36. The van der Waals surface area contributed by atoms with Gasteiger partial charge in [-0.15, -0.1) is 11.3 Å². The van der Waals surface area contributed by atoms with E-state index < -0.39 is 0 Å². The Kier molecular flexibility index (Phi) is 4.72. The van der Waals surface area contributed by atoms with Crippen LogP contribution >= 0.6 is 11.3 Å². The zero-order valence-corrected chi connectivity index (χ0v) is 16.0. The topological polar surface area (TPSA) is 74.7 Å². The van der Waals surface area contributed by atoms with Crippen LogP contribution in [0.4, 0.5) is 0 Å². The van der Waals surface area contributed by atoms with Crippen LogP contribution in [0.3, 0.4) is 0 Å². The average molecular weight is 383 g/mol. The molecule has 0 unspecified atom stereocenters. The quantitative estimate of drug-likeness (QED) is 0.727. The smallest absolute Gasteiger partial charge is 0.236 e. The van der Waals surface area contributed by atoms with Crippen LogP contribution in [0.15, 0.2) is 36.4 Å². The normalized spacial score (nSPS) is 15.6. The molecule has 0 radical (unpaired) electrons. The number of phenolic OH excluding ortho intramolecular Hbond substituents is 1. The lowest BCUT2D eigenvalue weighted by Gasteiger charge is -2.25. The largest absolute Gasteiger partial charge is 0.504 e. The molecule has 1 aliphatic rings. The molecule has 1 atom stereocenters. The second-order valence-electron chi connectivity index (χ2n) is 6.58. The molecule has 0 saturated carbocycles. The fourth-order valence-electron chi connectivity index (χ4n) is 3.34. The predicted molar refractivity (Wildman–Crippen MR) is 106 cm³/mol. The summed E-state index contributed by atoms with van der Waals surface area (Å²) < 4.78 is 6.89. The second-order valence-corrected chi connectivity index (χ2v) is 7.61. The van der Waals surface area contributed by atoms with Gasteiger partial charge in [0.1, 0.15) is 11.6 Å². The molecule has 2 heterocycles. The number of aromatic nitrogens is 1. The van der Waals surface area contributed by atoms with Crippen molar-refractivity contribution in [3.63, 3.8) is 0 Å². The van der Waals surface area contributed by atoms with Gasteiger partial charge in [-0.25, -0.2) is 4.98 Å². The maximum atomic E-state index is 12.0. The molecule has 1 aliphatic heterocycles. The van der Waals surface area contributed by atoms with Crippen molar-refractivity contribution >= 4 is 27.5 Å². The van der Waals surface area contributed by atoms with Crippen LogP contribution in [-0.2, 0) is 11.3 Å². The number of carbonyl (C=O) groups excluding carboxylic acids is 1. The fraction of sp³-hybridized carbons (Fsp3) is 0.300. The number of aromatic hydroxyl groups is 1. The van der Waals surface area contributed by atoms with Crippen LogP contribution < -0.4 is 10.1 Å². The summed E-state index contributed by atoms with van der Waals surface area (Å²) in [7, 11) is 1.64. The van der Waals surface area contributed by atoms with Crippen molar-refractivity contribution in [1.82, 2.24) is 15.2 Å². The Balaban J connectivity index is 1.72. The summed E-state index contributed by atoms with van der Waals surface area (Å²) in [5.41, 5.74) is 2.65. The van der Waals surface area contributed by atoms with Crippen LogP contribution in [0.5, 0.6) is 11.5 Å². The van der Waals surface area contributed by atoms with Gasteiger partial charge in [0.25, 0.3) is 0 Å². The van der Waals surface area contributed by atoms with E-state index in [4.69, 9.17) is 4.74 Å². The van der Waals surface area contributed by atoms with Crippen LogP contribution in [0.25, 0.3) is 20.8 Å². The molecule has 0 bridgehead atoms. The summed E-state index contributed by atoms with van der Waals surface area (Å²) in [6.07, 6.45) is 0. The first kappa shape index (κ1) is 17.8. The Hall–Kier alpha value is -2.64. The van der Waals surface area contributed by atoms with Crippen LogP contribution in [0.2, 0.25) is 0 Å². The highest BCUT2D eigenvalue weighted by atomic mass is 32.1. The van der Waals surface area contributed by atoms with Crippen LogP contribution in [0, 0.1) is 0 Å². The van der Waals surface area contributed by atoms with Crippen molar-refractivity contribution in [1.29, 1.82) is 0 Å². The van der Waals surface area contributed by atoms with Gasteiger partial charge in [-0.1, -0.05) is 12.1 Å². The summed E-state index contributed by atoms with van der Waals surface area (Å²) in [5, 5.41) is 14.1. The van der Waals surface area contributed by atoms with Gasteiger partial charge in [-0.05, 0) is 31.2 Å². The standard InChI is InChI=1S/C20H21N3O3S/c1-12(19(25)21-2)23-7-8-26-18-14(11-23)9-13(10-16(18)24)20-22-15-5-3-4-6-17(15)27-20/h3-6,9-10,12,24H,7-8,11H2,1-2H3,(H,21,25)/t12-/m0/s1. The molecular formula is C20H21N3O3S. The molecule has 27 heavy (non-hydrogen) atoms. The number of nitrogens with one attached hydrogen (secondary N) is 1. The SMILES string of the molecule is CNC(=O)[C@H](C)N1CCOc2c(O)cc(-c3nc4ccccc4s3)cc2C1. The second kappa shape index (κ2) is 7.17. The number of rotatable bonds is 3. The van der Waals surface area contributed by atoms with Gasteiger partial charge in [0.05, 0.1) is 16.3 Å². The van der Waals surface area contributed by atoms with E-state index in [-0.39, 0.29) is 17.7 Å². The van der Waals surface area contributed by atoms with Crippen LogP contribution in [-0.4, -0.2) is 47.1 Å². The molecule has 140 valence electrons. The molecule has 2 N–H and O–H groups in total. The Morgan fingerprint density at radius 2 is 2.19 bits per heavy atom. The molecule has 0 fully saturated rings. The lowest BCUT2D eigenvalue weighted by Crippen LogP contribution is -2.44. The molecule has 7 heteroatoms. The fourth-order valence-corrected chi connectivity index (χ4v) is 4.30. The van der Waals surface area contributed by atoms with Crippen LogP contribution in [0.1, 0.15) is 12.5 Å². The highest BCUT2D eigenvalue weighted by molar-refractivity contribution is 7.21. The summed E-state index contributed by atoms with van der Waals surface area (Å²) >= 11 is 1.59. The van der Waals surface area contributed by atoms with Gasteiger partial charge in [0.2, 0.25) is 5.91 Å². The number of likely N-dealkylation sites (N-methyl/N-ethyl adjacent to an activating group) is 1. The Morgan fingerprint density at radius 3 is 2.96 bits per heavy atom. The molecule has 2 aromatic carbocycles. The van der Waals surface area contributed by atoms with Gasteiger partial charge >= 0.3 is 0 Å². The number of fused-ring (bicyclic) bond motifs is 2. The number of nitrogens with zero attached hydrogens (tertiary/aromatic N) is 2. The van der Waals surface area contributed by atoms with Crippen molar-refractivity contribution in [2.45, 2.75) is 19.5 Å². The lowest BCUT2D eigenvalue weighted by atomic mass is 10.1. The van der Waals surface area contributed by atoms with Crippen molar-refractivity contribution in [3.05, 3.63) is 42.0 Å². The van der Waals surface area contributed by atoms with Gasteiger partial charge in [0.15, 0.2) is 11.5 Å². The summed E-state index contributed by atoms with van der Waals surface area (Å²) in [6.45, 7) is 3.43. The minimum Gasteiger partial charge on any atom is -0.504 e. The number of para-hydroxylation sites is 1. The highest BCUT2D eigenvalue weighted by Crippen LogP contribution is 2.39. The maximum Gasteiger partial charge on any atom is 0.236 e. The molecule has 0 saturated heterocycles. The zero-order chi connectivity index (χ0) is 19.0. The van der Waals surface area contributed by atoms with Crippen molar-refractivity contribution in [3.8, 4) is 22.1 Å². The monoisotopic (exact) mass is 383 g/mol. The zero-order valence-electron chi connectivity index (χ0n) is 15.2. The number of thiazole rings is 1. The lowest BCUT2D eigenvalue weighted by molar-refractivity contribution is -0.125. The first-order chi connectivity index (χ1) is 13.1. The van der Waals surface area contributed by atoms with Crippen molar-refractivity contribution < 1.29 is 14.6 Å². The molecule has 0 aliphatic carbocycles. The number of carbonyl (C=O) groups is 1. The minimum absolute atomic E-state index is 0.0370. The number of hydrogen-bond donors (Lipinski definition) is 2. The summed E-state index contributed by atoms with van der Waals surface area (Å²) in [5.74, 6) is 0.563. The molecule has 4 rings (SSSR count). The third-order valence-corrected chi connectivity index (χ3v) is 5.94. The van der Waals surface area contributed by atoms with Gasteiger partial charge < -0.3 is 15.2 Å². The van der Waals surface area contributed by atoms with E-state index in [1.54, 1.807) is 24.5 Å². The number of amides is 1. The van der Waals surface area contributed by atoms with Crippen molar-refractivity contribution in [2.24, 2.45) is 0 Å². The van der Waals surface area contributed by atoms with E-state index in [1.807, 2.05) is 42.2 Å². The minimum atomic E-state index is -0.280. The number of phenols is 1. The third-order valence-electron chi connectivity index (χ3n) is 4.86. The highest BCUT2D eigenvalue weighted by Gasteiger charge is 2.26. The first-order valence-corrected chi connectivity index (χ1v) is 9.68. The summed E-state index contributed by atoms with van der Waals surface area (Å²) in [4.78, 5) is 18.8. The van der Waals surface area contributed by atoms with E-state index in [0.29, 0.717) is 25.4 Å². The molecule has 0 spiro atoms. The predicted octanol–water partition coefficient (Wildman–Crippen LogP) is 3.00. The number of ether oxygens (including phenoxy) is 1. The van der Waals surface area contributed by atoms with Gasteiger partial charge in [-0.2, -0.15) is 0 Å². The van der Waals surface area contributed by atoms with E-state index in [0.717, 1.165) is 26.4 Å². The molecule has 3 aromatic rings.